The molecule has 0 aliphatic heterocycles. The molecule has 0 saturated heterocycles. The van der Waals surface area contributed by atoms with Gasteiger partial charge < -0.3 is 10.4 Å². The Morgan fingerprint density at radius 3 is 2.90 bits per heavy atom. The Labute approximate surface area is 121 Å². The highest BCUT2D eigenvalue weighted by Gasteiger charge is 2.34. The topological polar surface area (TPSA) is 93.2 Å². The first kappa shape index (κ1) is 13.6. The maximum absolute atomic E-state index is 11.2. The van der Waals surface area contributed by atoms with Gasteiger partial charge in [0.2, 0.25) is 5.82 Å². The fraction of sp³-hybridized carbons (Fsp3) is 0.357. The number of nitrogens with zero attached hydrogens (tertiary/aromatic N) is 3. The van der Waals surface area contributed by atoms with Gasteiger partial charge in [0.1, 0.15) is 5.69 Å². The van der Waals surface area contributed by atoms with Crippen molar-refractivity contribution < 1.29 is 10.0 Å². The highest BCUT2D eigenvalue weighted by Crippen LogP contribution is 2.37. The maximum Gasteiger partial charge on any atom is 0.333 e. The van der Waals surface area contributed by atoms with Crippen molar-refractivity contribution in [1.82, 2.24) is 9.78 Å². The van der Waals surface area contributed by atoms with Crippen LogP contribution in [0.15, 0.2) is 24.3 Å². The smallest absolute Gasteiger partial charge is 0.333 e. The van der Waals surface area contributed by atoms with E-state index in [9.17, 15) is 15.2 Å². The van der Waals surface area contributed by atoms with Crippen LogP contribution in [0.1, 0.15) is 22.9 Å². The number of rotatable bonds is 3. The molecule has 1 aromatic heterocycles. The molecule has 0 spiro atoms. The van der Waals surface area contributed by atoms with Gasteiger partial charge in [-0.25, -0.2) is 4.68 Å². The average molecular weight is 288 g/mol. The zero-order valence-corrected chi connectivity index (χ0v) is 11.8. The van der Waals surface area contributed by atoms with Crippen LogP contribution in [0.3, 0.4) is 0 Å². The number of anilines is 1. The molecule has 3 rings (SSSR count). The molecule has 2 atom stereocenters. The van der Waals surface area contributed by atoms with E-state index >= 15 is 0 Å². The van der Waals surface area contributed by atoms with Crippen LogP contribution >= 0.6 is 0 Å². The Balaban J connectivity index is 2.00. The highest BCUT2D eigenvalue weighted by atomic mass is 16.6. The summed E-state index contributed by atoms with van der Waals surface area (Å²) in [6, 6.07) is 7.34. The largest absolute Gasteiger partial charge is 0.390 e. The zero-order chi connectivity index (χ0) is 15.1. The van der Waals surface area contributed by atoms with Crippen LogP contribution in [-0.4, -0.2) is 25.9 Å². The minimum absolute atomic E-state index is 0.0471. The predicted molar refractivity (Wildman–Crippen MR) is 77.1 cm³/mol. The van der Waals surface area contributed by atoms with Gasteiger partial charge in [-0.05, 0) is 18.1 Å². The summed E-state index contributed by atoms with van der Waals surface area (Å²) in [7, 11) is 1.65. The lowest BCUT2D eigenvalue weighted by Crippen LogP contribution is -2.22. The molecular formula is C14H16N4O3. The summed E-state index contributed by atoms with van der Waals surface area (Å²) in [6.07, 6.45) is -0.0735. The van der Waals surface area contributed by atoms with Crippen LogP contribution in [0.4, 0.5) is 11.5 Å². The number of hydrogen-bond donors (Lipinski definition) is 2. The first-order valence-corrected chi connectivity index (χ1v) is 6.69. The molecule has 110 valence electrons. The summed E-state index contributed by atoms with van der Waals surface area (Å²) in [5.41, 5.74) is 2.34. The van der Waals surface area contributed by atoms with E-state index in [1.165, 1.54) is 4.68 Å². The highest BCUT2D eigenvalue weighted by molar-refractivity contribution is 5.61. The van der Waals surface area contributed by atoms with Crippen LogP contribution in [-0.2, 0) is 13.5 Å². The lowest BCUT2D eigenvalue weighted by atomic mass is 10.1. The van der Waals surface area contributed by atoms with Gasteiger partial charge >= 0.3 is 5.69 Å². The summed E-state index contributed by atoms with van der Waals surface area (Å²) in [6.45, 7) is 1.60. The standard InChI is InChI=1S/C14H16N4O3/c1-8-13(18(20)21)14(17(2)16-8)15-12-10-6-4-3-5-9(10)7-11(12)19/h3-6,11-12,15,19H,7H2,1-2H3/t11-,12-/m0/s1. The van der Waals surface area contributed by atoms with Crippen molar-refractivity contribution in [2.75, 3.05) is 5.32 Å². The van der Waals surface area contributed by atoms with Gasteiger partial charge in [-0.3, -0.25) is 10.1 Å². The van der Waals surface area contributed by atoms with Crippen molar-refractivity contribution in [2.45, 2.75) is 25.5 Å². The number of aliphatic hydroxyl groups excluding tert-OH is 1. The SMILES string of the molecule is Cc1nn(C)c(N[C@H]2c3ccccc3C[C@@H]2O)c1[N+](=O)[O-]. The number of aromatic nitrogens is 2. The van der Waals surface area contributed by atoms with E-state index in [1.54, 1.807) is 14.0 Å². The third-order valence-electron chi connectivity index (χ3n) is 3.87. The van der Waals surface area contributed by atoms with E-state index in [4.69, 9.17) is 0 Å². The minimum Gasteiger partial charge on any atom is -0.390 e. The molecule has 7 nitrogen and oxygen atoms in total. The number of hydrogen-bond acceptors (Lipinski definition) is 5. The summed E-state index contributed by atoms with van der Waals surface area (Å²) in [5.74, 6) is 0.318. The lowest BCUT2D eigenvalue weighted by Gasteiger charge is -2.18. The summed E-state index contributed by atoms with van der Waals surface area (Å²) in [5, 5.41) is 28.6. The first-order valence-electron chi connectivity index (χ1n) is 6.69. The van der Waals surface area contributed by atoms with Gasteiger partial charge in [-0.2, -0.15) is 5.10 Å². The number of aliphatic hydroxyl groups is 1. The minimum atomic E-state index is -0.614. The molecule has 1 aliphatic rings. The van der Waals surface area contributed by atoms with Crippen LogP contribution in [0.5, 0.6) is 0 Å². The van der Waals surface area contributed by atoms with Crippen molar-refractivity contribution in [3.63, 3.8) is 0 Å². The lowest BCUT2D eigenvalue weighted by molar-refractivity contribution is -0.384. The van der Waals surface area contributed by atoms with Crippen LogP contribution < -0.4 is 5.32 Å². The Morgan fingerprint density at radius 1 is 1.48 bits per heavy atom. The number of nitro groups is 1. The molecule has 0 bridgehead atoms. The van der Waals surface area contributed by atoms with Crippen LogP contribution in [0.25, 0.3) is 0 Å². The number of benzene rings is 1. The molecule has 0 fully saturated rings. The van der Waals surface area contributed by atoms with Crippen LogP contribution in [0, 0.1) is 17.0 Å². The fourth-order valence-corrected chi connectivity index (χ4v) is 2.92. The van der Waals surface area contributed by atoms with Gasteiger partial charge in [0.25, 0.3) is 0 Å². The fourth-order valence-electron chi connectivity index (χ4n) is 2.92. The summed E-state index contributed by atoms with van der Waals surface area (Å²) < 4.78 is 1.45. The molecule has 0 amide bonds. The molecule has 21 heavy (non-hydrogen) atoms. The predicted octanol–water partition coefficient (Wildman–Crippen LogP) is 1.71. The molecule has 0 radical (unpaired) electrons. The van der Waals surface area contributed by atoms with E-state index in [-0.39, 0.29) is 11.7 Å². The summed E-state index contributed by atoms with van der Waals surface area (Å²) in [4.78, 5) is 10.8. The Kier molecular flexibility index (Phi) is 3.13. The van der Waals surface area contributed by atoms with E-state index in [0.717, 1.165) is 11.1 Å². The van der Waals surface area contributed by atoms with Crippen molar-refractivity contribution in [2.24, 2.45) is 7.05 Å². The van der Waals surface area contributed by atoms with E-state index in [1.807, 2.05) is 24.3 Å². The third-order valence-corrected chi connectivity index (χ3v) is 3.87. The monoisotopic (exact) mass is 288 g/mol. The number of nitrogens with one attached hydrogen (secondary N) is 1. The first-order chi connectivity index (χ1) is 9.99. The molecule has 1 aliphatic carbocycles. The van der Waals surface area contributed by atoms with Gasteiger partial charge in [0, 0.05) is 13.5 Å². The molecule has 1 aromatic carbocycles. The maximum atomic E-state index is 11.2. The van der Waals surface area contributed by atoms with E-state index < -0.39 is 11.0 Å². The third kappa shape index (κ3) is 2.15. The van der Waals surface area contributed by atoms with Gasteiger partial charge in [-0.1, -0.05) is 24.3 Å². The second kappa shape index (κ2) is 4.85. The quantitative estimate of drug-likeness (QED) is 0.662. The van der Waals surface area contributed by atoms with Gasteiger partial charge in [-0.15, -0.1) is 0 Å². The molecule has 0 unspecified atom stereocenters. The Morgan fingerprint density at radius 2 is 2.19 bits per heavy atom. The normalized spacial score (nSPS) is 20.3. The van der Waals surface area contributed by atoms with Gasteiger partial charge in [0.15, 0.2) is 0 Å². The zero-order valence-electron chi connectivity index (χ0n) is 11.8. The van der Waals surface area contributed by atoms with E-state index in [2.05, 4.69) is 10.4 Å². The second-order valence-corrected chi connectivity index (χ2v) is 5.26. The summed E-state index contributed by atoms with van der Waals surface area (Å²) >= 11 is 0. The molecule has 0 saturated carbocycles. The Hall–Kier alpha value is -2.41. The van der Waals surface area contributed by atoms with Crippen molar-refractivity contribution in [3.8, 4) is 0 Å². The van der Waals surface area contributed by atoms with Crippen molar-refractivity contribution in [1.29, 1.82) is 0 Å². The molecule has 2 aromatic rings. The number of fused-ring (bicyclic) bond motifs is 1. The number of aryl methyl sites for hydroxylation is 2. The average Bonchev–Trinajstić information content (AvgIpc) is 2.88. The second-order valence-electron chi connectivity index (χ2n) is 5.26. The van der Waals surface area contributed by atoms with E-state index in [0.29, 0.717) is 17.9 Å². The van der Waals surface area contributed by atoms with Gasteiger partial charge in [0.05, 0.1) is 17.1 Å². The van der Waals surface area contributed by atoms with Crippen molar-refractivity contribution in [3.05, 3.63) is 51.2 Å². The Bertz CT molecular complexity index is 710. The van der Waals surface area contributed by atoms with Crippen LogP contribution in [0.2, 0.25) is 0 Å². The molecular weight excluding hydrogens is 272 g/mol. The molecule has 2 N–H and O–H groups in total. The molecule has 1 heterocycles. The van der Waals surface area contributed by atoms with Crippen molar-refractivity contribution >= 4 is 11.5 Å². The molecule has 7 heteroatoms.